The average molecular weight is 307 g/mol. The van der Waals surface area contributed by atoms with Gasteiger partial charge in [-0.2, -0.15) is 13.2 Å². The molecular weight excluding hydrogens is 297 g/mol. The second-order valence-electron chi connectivity index (χ2n) is 4.26. The highest BCUT2D eigenvalue weighted by Crippen LogP contribution is 2.37. The van der Waals surface area contributed by atoms with Crippen LogP contribution in [-0.4, -0.2) is 5.78 Å². The summed E-state index contributed by atoms with van der Waals surface area (Å²) < 4.78 is 38.6. The summed E-state index contributed by atoms with van der Waals surface area (Å²) in [6.07, 6.45) is -2.36. The molecule has 1 nitrogen and oxygen atoms in total. The van der Waals surface area contributed by atoms with E-state index in [9.17, 15) is 18.0 Å². The smallest absolute Gasteiger partial charge is 0.294 e. The van der Waals surface area contributed by atoms with E-state index >= 15 is 0 Å². The van der Waals surface area contributed by atoms with E-state index in [1.54, 1.807) is 0 Å². The third kappa shape index (κ3) is 3.09. The number of Topliss-reactive ketones (excluding diaryl/α,β-unsaturated/α-hetero) is 1. The van der Waals surface area contributed by atoms with Crippen molar-refractivity contribution in [2.45, 2.75) is 25.4 Å². The second-order valence-corrected chi connectivity index (χ2v) is 5.17. The minimum Gasteiger partial charge on any atom is -0.294 e. The van der Waals surface area contributed by atoms with Crippen molar-refractivity contribution in [2.75, 3.05) is 0 Å². The SMILES string of the molecule is O=C(CC1CC1)c1ccc(Br)cc1C(F)(F)F. The zero-order valence-electron chi connectivity index (χ0n) is 8.85. The Kier molecular flexibility index (Phi) is 3.30. The van der Waals surface area contributed by atoms with Gasteiger partial charge in [0.2, 0.25) is 0 Å². The van der Waals surface area contributed by atoms with Crippen LogP contribution in [0.15, 0.2) is 22.7 Å². The molecule has 0 saturated heterocycles. The lowest BCUT2D eigenvalue weighted by Gasteiger charge is -2.12. The van der Waals surface area contributed by atoms with Gasteiger partial charge in [-0.15, -0.1) is 0 Å². The third-order valence-corrected chi connectivity index (χ3v) is 3.25. The predicted molar refractivity (Wildman–Crippen MR) is 60.8 cm³/mol. The van der Waals surface area contributed by atoms with E-state index in [-0.39, 0.29) is 17.9 Å². The third-order valence-electron chi connectivity index (χ3n) is 2.76. The van der Waals surface area contributed by atoms with Gasteiger partial charge in [-0.3, -0.25) is 4.79 Å². The van der Waals surface area contributed by atoms with E-state index in [2.05, 4.69) is 15.9 Å². The summed E-state index contributed by atoms with van der Waals surface area (Å²) in [5.74, 6) is -0.125. The Balaban J connectivity index is 2.34. The Hall–Kier alpha value is -0.840. The van der Waals surface area contributed by atoms with Crippen LogP contribution in [0.25, 0.3) is 0 Å². The van der Waals surface area contributed by atoms with Crippen molar-refractivity contribution >= 4 is 21.7 Å². The maximum Gasteiger partial charge on any atom is 0.417 e. The van der Waals surface area contributed by atoms with Gasteiger partial charge in [-0.1, -0.05) is 15.9 Å². The number of halogens is 4. The normalized spacial score (nSPS) is 16.0. The second kappa shape index (κ2) is 4.44. The van der Waals surface area contributed by atoms with Crippen LogP contribution < -0.4 is 0 Å². The van der Waals surface area contributed by atoms with Crippen molar-refractivity contribution < 1.29 is 18.0 Å². The van der Waals surface area contributed by atoms with Gasteiger partial charge in [-0.05, 0) is 37.0 Å². The fourth-order valence-corrected chi connectivity index (χ4v) is 2.05. The first-order chi connectivity index (χ1) is 7.88. The molecule has 0 N–H and O–H groups in total. The average Bonchev–Trinajstić information content (AvgIpc) is 3.00. The standard InChI is InChI=1S/C12H10BrF3O/c13-8-3-4-9(10(6-8)12(14,15)16)11(17)5-7-1-2-7/h3-4,6-7H,1-2,5H2. The number of carbonyl (C=O) groups excluding carboxylic acids is 1. The number of hydrogen-bond donors (Lipinski definition) is 0. The summed E-state index contributed by atoms with van der Waals surface area (Å²) >= 11 is 2.99. The zero-order chi connectivity index (χ0) is 12.6. The van der Waals surface area contributed by atoms with Gasteiger partial charge >= 0.3 is 6.18 Å². The number of rotatable bonds is 3. The molecular formula is C12H10BrF3O. The van der Waals surface area contributed by atoms with E-state index < -0.39 is 17.5 Å². The molecule has 1 aromatic rings. The molecule has 1 fully saturated rings. The molecule has 0 radical (unpaired) electrons. The topological polar surface area (TPSA) is 17.1 Å². The molecule has 1 aromatic carbocycles. The molecule has 0 spiro atoms. The highest BCUT2D eigenvalue weighted by Gasteiger charge is 2.36. The first-order valence-electron chi connectivity index (χ1n) is 5.28. The van der Waals surface area contributed by atoms with E-state index in [0.29, 0.717) is 4.47 Å². The van der Waals surface area contributed by atoms with E-state index in [1.807, 2.05) is 0 Å². The van der Waals surface area contributed by atoms with Crippen LogP contribution >= 0.6 is 15.9 Å². The molecule has 0 bridgehead atoms. The maximum absolute atomic E-state index is 12.8. The fraction of sp³-hybridized carbons (Fsp3) is 0.417. The van der Waals surface area contributed by atoms with Crippen molar-refractivity contribution in [3.05, 3.63) is 33.8 Å². The monoisotopic (exact) mass is 306 g/mol. The fourth-order valence-electron chi connectivity index (χ4n) is 1.69. The lowest BCUT2D eigenvalue weighted by atomic mass is 10.00. The van der Waals surface area contributed by atoms with Gasteiger partial charge < -0.3 is 0 Å². The molecule has 0 amide bonds. The number of benzene rings is 1. The lowest BCUT2D eigenvalue weighted by molar-refractivity contribution is -0.138. The Labute approximate surface area is 105 Å². The van der Waals surface area contributed by atoms with Crippen LogP contribution in [0.1, 0.15) is 35.2 Å². The van der Waals surface area contributed by atoms with Gasteiger partial charge in [-0.25, -0.2) is 0 Å². The number of ketones is 1. The molecule has 1 aliphatic carbocycles. The first-order valence-corrected chi connectivity index (χ1v) is 6.07. The summed E-state index contributed by atoms with van der Waals surface area (Å²) in [5.41, 5.74) is -1.06. The molecule has 2 rings (SSSR count). The van der Waals surface area contributed by atoms with Gasteiger partial charge in [0, 0.05) is 16.5 Å². The lowest BCUT2D eigenvalue weighted by Crippen LogP contribution is -2.13. The summed E-state index contributed by atoms with van der Waals surface area (Å²) in [6, 6.07) is 3.67. The molecule has 17 heavy (non-hydrogen) atoms. The van der Waals surface area contributed by atoms with Gasteiger partial charge in [0.05, 0.1) is 5.56 Å². The Morgan fingerprint density at radius 3 is 2.53 bits per heavy atom. The molecule has 5 heteroatoms. The van der Waals surface area contributed by atoms with E-state index in [4.69, 9.17) is 0 Å². The molecule has 1 saturated carbocycles. The molecule has 0 aromatic heterocycles. The predicted octanol–water partition coefficient (Wildman–Crippen LogP) is 4.45. The van der Waals surface area contributed by atoms with Crippen molar-refractivity contribution in [1.29, 1.82) is 0 Å². The van der Waals surface area contributed by atoms with E-state index in [1.165, 1.54) is 12.1 Å². The molecule has 1 aliphatic rings. The summed E-state index contributed by atoms with van der Waals surface area (Å²) in [5, 5.41) is 0. The molecule has 92 valence electrons. The number of carbonyl (C=O) groups is 1. The quantitative estimate of drug-likeness (QED) is 0.754. The summed E-state index contributed by atoms with van der Waals surface area (Å²) in [6.45, 7) is 0. The molecule has 0 unspecified atom stereocenters. The van der Waals surface area contributed by atoms with Crippen molar-refractivity contribution in [3.8, 4) is 0 Å². The maximum atomic E-state index is 12.8. The Bertz CT molecular complexity index is 450. The van der Waals surface area contributed by atoms with Crippen LogP contribution in [-0.2, 0) is 6.18 Å². The van der Waals surface area contributed by atoms with Crippen LogP contribution in [0.5, 0.6) is 0 Å². The van der Waals surface area contributed by atoms with E-state index in [0.717, 1.165) is 18.9 Å². The van der Waals surface area contributed by atoms with Gasteiger partial charge in [0.15, 0.2) is 5.78 Å². The summed E-state index contributed by atoms with van der Waals surface area (Å²) in [4.78, 5) is 11.8. The first kappa shape index (κ1) is 12.6. The Morgan fingerprint density at radius 1 is 1.35 bits per heavy atom. The molecule has 0 atom stereocenters. The van der Waals surface area contributed by atoms with Crippen LogP contribution in [0.2, 0.25) is 0 Å². The van der Waals surface area contributed by atoms with Crippen molar-refractivity contribution in [2.24, 2.45) is 5.92 Å². The van der Waals surface area contributed by atoms with Crippen molar-refractivity contribution in [3.63, 3.8) is 0 Å². The minimum atomic E-state index is -4.49. The minimum absolute atomic E-state index is 0.215. The number of alkyl halides is 3. The molecule has 0 aliphatic heterocycles. The van der Waals surface area contributed by atoms with Crippen LogP contribution in [0.3, 0.4) is 0 Å². The van der Waals surface area contributed by atoms with Gasteiger partial charge in [0.1, 0.15) is 0 Å². The van der Waals surface area contributed by atoms with Crippen molar-refractivity contribution in [1.82, 2.24) is 0 Å². The van der Waals surface area contributed by atoms with Gasteiger partial charge in [0.25, 0.3) is 0 Å². The number of hydrogen-bond acceptors (Lipinski definition) is 1. The highest BCUT2D eigenvalue weighted by molar-refractivity contribution is 9.10. The van der Waals surface area contributed by atoms with Crippen LogP contribution in [0, 0.1) is 5.92 Å². The largest absolute Gasteiger partial charge is 0.417 e. The Morgan fingerprint density at radius 2 is 2.00 bits per heavy atom. The molecule has 0 heterocycles. The zero-order valence-corrected chi connectivity index (χ0v) is 10.4. The summed E-state index contributed by atoms with van der Waals surface area (Å²) in [7, 11) is 0. The highest BCUT2D eigenvalue weighted by atomic mass is 79.9. The van der Waals surface area contributed by atoms with Crippen LogP contribution in [0.4, 0.5) is 13.2 Å².